The molecule has 160 valence electrons. The molecule has 2 amide bonds. The van der Waals surface area contributed by atoms with Gasteiger partial charge in [0, 0.05) is 50.1 Å². The molecule has 2 aromatic carbocycles. The molecule has 0 radical (unpaired) electrons. The number of amides is 2. The fraction of sp³-hybridized carbons (Fsp3) is 0.190. The van der Waals surface area contributed by atoms with Gasteiger partial charge in [-0.15, -0.1) is 11.3 Å². The summed E-state index contributed by atoms with van der Waals surface area (Å²) in [7, 11) is 3.40. The van der Waals surface area contributed by atoms with Gasteiger partial charge in [-0.1, -0.05) is 24.3 Å². The summed E-state index contributed by atoms with van der Waals surface area (Å²) in [5.41, 5.74) is 2.98. The van der Waals surface area contributed by atoms with Crippen molar-refractivity contribution in [3.8, 4) is 11.3 Å². The van der Waals surface area contributed by atoms with E-state index in [4.69, 9.17) is 0 Å². The number of nitrogens with one attached hydrogen (secondary N) is 2. The fourth-order valence-corrected chi connectivity index (χ4v) is 3.56. The van der Waals surface area contributed by atoms with Crippen LogP contribution in [-0.4, -0.2) is 35.8 Å². The maximum absolute atomic E-state index is 12.6. The van der Waals surface area contributed by atoms with Gasteiger partial charge in [0.1, 0.15) is 5.69 Å². The second-order valence-electron chi connectivity index (χ2n) is 6.95. The number of hydrogen-bond donors (Lipinski definition) is 2. The standard InChI is InChI=1S/C21H21N5O4S/c1-13(27)22-11-14-4-6-15(7-5-14)17-12-31-21(23-17)24-20(28)16-8-9-18(25(2)3)19(10-16)26(29)30/h4-10,12H,11H2,1-3H3,(H,22,27)(H,23,24,28). The van der Waals surface area contributed by atoms with Crippen LogP contribution in [0.2, 0.25) is 0 Å². The predicted octanol–water partition coefficient (Wildman–Crippen LogP) is 3.67. The lowest BCUT2D eigenvalue weighted by Crippen LogP contribution is -2.18. The second-order valence-corrected chi connectivity index (χ2v) is 7.81. The maximum atomic E-state index is 12.6. The molecule has 0 bridgehead atoms. The molecule has 0 fully saturated rings. The van der Waals surface area contributed by atoms with Gasteiger partial charge in [-0.3, -0.25) is 25.0 Å². The number of thiazole rings is 1. The molecule has 2 N–H and O–H groups in total. The zero-order valence-corrected chi connectivity index (χ0v) is 18.0. The number of anilines is 2. The van der Waals surface area contributed by atoms with E-state index in [-0.39, 0.29) is 17.2 Å². The predicted molar refractivity (Wildman–Crippen MR) is 120 cm³/mol. The van der Waals surface area contributed by atoms with Crippen LogP contribution < -0.4 is 15.5 Å². The number of aromatic nitrogens is 1. The summed E-state index contributed by atoms with van der Waals surface area (Å²) in [6.45, 7) is 1.92. The Balaban J connectivity index is 1.72. The average molecular weight is 439 g/mol. The topological polar surface area (TPSA) is 117 Å². The van der Waals surface area contributed by atoms with Crippen LogP contribution in [-0.2, 0) is 11.3 Å². The molecule has 0 aliphatic rings. The van der Waals surface area contributed by atoms with E-state index < -0.39 is 10.8 Å². The van der Waals surface area contributed by atoms with Gasteiger partial charge in [-0.2, -0.15) is 0 Å². The SMILES string of the molecule is CC(=O)NCc1ccc(-c2csc(NC(=O)c3ccc(N(C)C)c([N+](=O)[O-])c3)n2)cc1. The molecular weight excluding hydrogens is 418 g/mol. The van der Waals surface area contributed by atoms with E-state index in [0.29, 0.717) is 23.1 Å². The average Bonchev–Trinajstić information content (AvgIpc) is 3.20. The number of carbonyl (C=O) groups excluding carboxylic acids is 2. The molecular formula is C21H21N5O4S. The quantitative estimate of drug-likeness (QED) is 0.428. The van der Waals surface area contributed by atoms with E-state index in [1.165, 1.54) is 24.3 Å². The molecule has 0 aliphatic heterocycles. The molecule has 1 heterocycles. The molecule has 31 heavy (non-hydrogen) atoms. The Hall–Kier alpha value is -3.79. The number of carbonyl (C=O) groups is 2. The summed E-state index contributed by atoms with van der Waals surface area (Å²) >= 11 is 1.26. The van der Waals surface area contributed by atoms with Crippen molar-refractivity contribution in [2.75, 3.05) is 24.3 Å². The molecule has 0 saturated heterocycles. The highest BCUT2D eigenvalue weighted by atomic mass is 32.1. The van der Waals surface area contributed by atoms with Gasteiger partial charge >= 0.3 is 0 Å². The van der Waals surface area contributed by atoms with Gasteiger partial charge < -0.3 is 10.2 Å². The summed E-state index contributed by atoms with van der Waals surface area (Å²) in [4.78, 5) is 40.5. The lowest BCUT2D eigenvalue weighted by Gasteiger charge is -2.13. The van der Waals surface area contributed by atoms with Crippen LogP contribution >= 0.6 is 11.3 Å². The van der Waals surface area contributed by atoms with Crippen LogP contribution in [0.3, 0.4) is 0 Å². The van der Waals surface area contributed by atoms with Gasteiger partial charge in [0.15, 0.2) is 5.13 Å². The number of hydrogen-bond acceptors (Lipinski definition) is 7. The van der Waals surface area contributed by atoms with Crippen LogP contribution in [0.25, 0.3) is 11.3 Å². The van der Waals surface area contributed by atoms with Crippen molar-refractivity contribution in [2.45, 2.75) is 13.5 Å². The molecule has 10 heteroatoms. The number of nitro benzene ring substituents is 1. The van der Waals surface area contributed by atoms with Crippen molar-refractivity contribution >= 4 is 39.7 Å². The highest BCUT2D eigenvalue weighted by Crippen LogP contribution is 2.29. The number of nitro groups is 1. The van der Waals surface area contributed by atoms with Gasteiger partial charge in [-0.05, 0) is 17.7 Å². The first kappa shape index (κ1) is 21.9. The largest absolute Gasteiger partial charge is 0.372 e. The first-order valence-electron chi connectivity index (χ1n) is 9.31. The van der Waals surface area contributed by atoms with Crippen LogP contribution in [0.1, 0.15) is 22.8 Å². The third kappa shape index (κ3) is 5.43. The summed E-state index contributed by atoms with van der Waals surface area (Å²) < 4.78 is 0. The monoisotopic (exact) mass is 439 g/mol. The normalized spacial score (nSPS) is 10.4. The van der Waals surface area contributed by atoms with Crippen LogP contribution in [0, 0.1) is 10.1 Å². The minimum Gasteiger partial charge on any atom is -0.372 e. The van der Waals surface area contributed by atoms with Crippen molar-refractivity contribution in [1.29, 1.82) is 0 Å². The highest BCUT2D eigenvalue weighted by Gasteiger charge is 2.19. The number of nitrogens with zero attached hydrogens (tertiary/aromatic N) is 3. The number of rotatable bonds is 7. The Labute approximate surface area is 182 Å². The molecule has 0 saturated carbocycles. The third-order valence-electron chi connectivity index (χ3n) is 4.43. The molecule has 0 aliphatic carbocycles. The molecule has 3 aromatic rings. The Morgan fingerprint density at radius 2 is 1.87 bits per heavy atom. The first-order chi connectivity index (χ1) is 14.7. The van der Waals surface area contributed by atoms with Crippen molar-refractivity contribution in [3.63, 3.8) is 0 Å². The van der Waals surface area contributed by atoms with Crippen molar-refractivity contribution in [1.82, 2.24) is 10.3 Å². The second kappa shape index (κ2) is 9.35. The summed E-state index contributed by atoms with van der Waals surface area (Å²) in [5.74, 6) is -0.564. The zero-order chi connectivity index (χ0) is 22.5. The minimum atomic E-state index is -0.511. The van der Waals surface area contributed by atoms with E-state index >= 15 is 0 Å². The van der Waals surface area contributed by atoms with Crippen molar-refractivity contribution in [3.05, 3.63) is 69.1 Å². The Kier molecular flexibility index (Phi) is 6.61. The number of benzene rings is 2. The van der Waals surface area contributed by atoms with Crippen molar-refractivity contribution < 1.29 is 14.5 Å². The lowest BCUT2D eigenvalue weighted by atomic mass is 10.1. The molecule has 0 spiro atoms. The minimum absolute atomic E-state index is 0.0920. The molecule has 0 unspecified atom stereocenters. The van der Waals surface area contributed by atoms with E-state index in [1.54, 1.807) is 31.1 Å². The fourth-order valence-electron chi connectivity index (χ4n) is 2.84. The Bertz CT molecular complexity index is 1130. The van der Waals surface area contributed by atoms with E-state index in [0.717, 1.165) is 11.1 Å². The lowest BCUT2D eigenvalue weighted by molar-refractivity contribution is -0.384. The first-order valence-corrected chi connectivity index (χ1v) is 10.2. The van der Waals surface area contributed by atoms with Gasteiger partial charge in [0.25, 0.3) is 11.6 Å². The van der Waals surface area contributed by atoms with Crippen LogP contribution in [0.15, 0.2) is 47.8 Å². The maximum Gasteiger partial charge on any atom is 0.293 e. The smallest absolute Gasteiger partial charge is 0.293 e. The molecule has 9 nitrogen and oxygen atoms in total. The van der Waals surface area contributed by atoms with E-state index in [1.807, 2.05) is 29.6 Å². The van der Waals surface area contributed by atoms with Crippen molar-refractivity contribution in [2.24, 2.45) is 0 Å². The highest BCUT2D eigenvalue weighted by molar-refractivity contribution is 7.14. The molecule has 0 atom stereocenters. The van der Waals surface area contributed by atoms with Crippen LogP contribution in [0.5, 0.6) is 0 Å². The van der Waals surface area contributed by atoms with Gasteiger partial charge in [0.05, 0.1) is 10.6 Å². The summed E-state index contributed by atoms with van der Waals surface area (Å²) in [6, 6.07) is 11.9. The summed E-state index contributed by atoms with van der Waals surface area (Å²) in [6.07, 6.45) is 0. The Morgan fingerprint density at radius 1 is 1.16 bits per heavy atom. The van der Waals surface area contributed by atoms with E-state index in [9.17, 15) is 19.7 Å². The Morgan fingerprint density at radius 3 is 2.48 bits per heavy atom. The van der Waals surface area contributed by atoms with Gasteiger partial charge in [0.2, 0.25) is 5.91 Å². The van der Waals surface area contributed by atoms with E-state index in [2.05, 4.69) is 15.6 Å². The molecule has 1 aromatic heterocycles. The third-order valence-corrected chi connectivity index (χ3v) is 5.19. The zero-order valence-electron chi connectivity index (χ0n) is 17.2. The van der Waals surface area contributed by atoms with Gasteiger partial charge in [-0.25, -0.2) is 4.98 Å². The molecule has 3 rings (SSSR count). The summed E-state index contributed by atoms with van der Waals surface area (Å²) in [5, 5.41) is 19.0. The van der Waals surface area contributed by atoms with Crippen LogP contribution in [0.4, 0.5) is 16.5 Å².